The van der Waals surface area contributed by atoms with Gasteiger partial charge >= 0.3 is 0 Å². The van der Waals surface area contributed by atoms with Crippen LogP contribution in [0.2, 0.25) is 0 Å². The van der Waals surface area contributed by atoms with Crippen LogP contribution in [-0.2, 0) is 15.8 Å². The molecular formula is C8H8F3NO2S. The van der Waals surface area contributed by atoms with E-state index in [-0.39, 0.29) is 5.56 Å². The SMILES string of the molecule is NS(=O)(=O)Cc1ccc(C(F)F)c(F)c1. The van der Waals surface area contributed by atoms with Crippen molar-refractivity contribution in [2.24, 2.45) is 5.14 Å². The molecule has 0 saturated heterocycles. The molecule has 0 amide bonds. The number of hydrogen-bond donors (Lipinski definition) is 1. The van der Waals surface area contributed by atoms with E-state index in [9.17, 15) is 21.6 Å². The minimum atomic E-state index is -3.78. The molecular weight excluding hydrogens is 231 g/mol. The van der Waals surface area contributed by atoms with Crippen LogP contribution in [0.15, 0.2) is 18.2 Å². The second kappa shape index (κ2) is 4.19. The lowest BCUT2D eigenvalue weighted by molar-refractivity contribution is 0.146. The van der Waals surface area contributed by atoms with Gasteiger partial charge in [0.1, 0.15) is 5.82 Å². The van der Waals surface area contributed by atoms with Gasteiger partial charge in [-0.25, -0.2) is 26.7 Å². The first kappa shape index (κ1) is 12.0. The van der Waals surface area contributed by atoms with Crippen molar-refractivity contribution < 1.29 is 21.6 Å². The monoisotopic (exact) mass is 239 g/mol. The van der Waals surface area contributed by atoms with E-state index in [1.54, 1.807) is 0 Å². The summed E-state index contributed by atoms with van der Waals surface area (Å²) in [6.45, 7) is 0. The molecule has 1 rings (SSSR count). The fourth-order valence-electron chi connectivity index (χ4n) is 1.07. The summed E-state index contributed by atoms with van der Waals surface area (Å²) in [7, 11) is -3.78. The van der Waals surface area contributed by atoms with Crippen LogP contribution in [0.5, 0.6) is 0 Å². The van der Waals surface area contributed by atoms with Gasteiger partial charge in [-0.2, -0.15) is 0 Å². The number of rotatable bonds is 3. The Bertz CT molecular complexity index is 459. The maximum absolute atomic E-state index is 13.0. The first-order valence-corrected chi connectivity index (χ1v) is 5.58. The van der Waals surface area contributed by atoms with E-state index in [0.717, 1.165) is 18.2 Å². The quantitative estimate of drug-likeness (QED) is 0.869. The molecule has 0 saturated carbocycles. The zero-order valence-electron chi connectivity index (χ0n) is 7.45. The van der Waals surface area contributed by atoms with E-state index in [0.29, 0.717) is 0 Å². The Balaban J connectivity index is 3.02. The maximum Gasteiger partial charge on any atom is 0.266 e. The second-order valence-corrected chi connectivity index (χ2v) is 4.58. The Morgan fingerprint density at radius 3 is 2.33 bits per heavy atom. The summed E-state index contributed by atoms with van der Waals surface area (Å²) >= 11 is 0. The molecule has 0 fully saturated rings. The summed E-state index contributed by atoms with van der Waals surface area (Å²) in [6.07, 6.45) is -2.92. The number of alkyl halides is 2. The van der Waals surface area contributed by atoms with Crippen LogP contribution in [0.25, 0.3) is 0 Å². The van der Waals surface area contributed by atoms with E-state index in [4.69, 9.17) is 5.14 Å². The molecule has 0 radical (unpaired) electrons. The van der Waals surface area contributed by atoms with E-state index >= 15 is 0 Å². The predicted octanol–water partition coefficient (Wildman–Crippen LogP) is 1.55. The van der Waals surface area contributed by atoms with E-state index in [1.165, 1.54) is 0 Å². The first-order chi connectivity index (χ1) is 6.79. The molecule has 0 aliphatic rings. The minimum Gasteiger partial charge on any atom is -0.228 e. The molecule has 0 bridgehead atoms. The zero-order valence-corrected chi connectivity index (χ0v) is 8.27. The largest absolute Gasteiger partial charge is 0.266 e. The van der Waals surface area contributed by atoms with Gasteiger partial charge in [0.05, 0.1) is 11.3 Å². The third-order valence-corrected chi connectivity index (χ3v) is 2.40. The minimum absolute atomic E-state index is 0.0411. The van der Waals surface area contributed by atoms with Crippen molar-refractivity contribution >= 4 is 10.0 Å². The highest BCUT2D eigenvalue weighted by Gasteiger charge is 2.14. The Kier molecular flexibility index (Phi) is 3.35. The summed E-state index contributed by atoms with van der Waals surface area (Å²) < 4.78 is 58.5. The van der Waals surface area contributed by atoms with Gasteiger partial charge in [0, 0.05) is 0 Å². The lowest BCUT2D eigenvalue weighted by Gasteiger charge is -2.04. The molecule has 0 atom stereocenters. The van der Waals surface area contributed by atoms with Crippen molar-refractivity contribution in [3.8, 4) is 0 Å². The van der Waals surface area contributed by atoms with Gasteiger partial charge in [-0.05, 0) is 11.6 Å². The van der Waals surface area contributed by atoms with Gasteiger partial charge in [-0.15, -0.1) is 0 Å². The number of benzene rings is 1. The molecule has 1 aromatic carbocycles. The number of sulfonamides is 1. The van der Waals surface area contributed by atoms with Crippen LogP contribution in [-0.4, -0.2) is 8.42 Å². The third-order valence-electron chi connectivity index (χ3n) is 1.67. The molecule has 15 heavy (non-hydrogen) atoms. The Hall–Kier alpha value is -1.08. The molecule has 0 aliphatic heterocycles. The Morgan fingerprint density at radius 1 is 1.33 bits per heavy atom. The van der Waals surface area contributed by atoms with Crippen molar-refractivity contribution in [3.63, 3.8) is 0 Å². The van der Waals surface area contributed by atoms with Crippen LogP contribution < -0.4 is 5.14 Å². The van der Waals surface area contributed by atoms with Crippen LogP contribution in [0.4, 0.5) is 13.2 Å². The Labute approximate surface area is 84.8 Å². The summed E-state index contributed by atoms with van der Waals surface area (Å²) in [4.78, 5) is 0. The summed E-state index contributed by atoms with van der Waals surface area (Å²) in [5.74, 6) is -1.71. The molecule has 2 N–H and O–H groups in total. The number of nitrogens with two attached hydrogens (primary N) is 1. The predicted molar refractivity (Wildman–Crippen MR) is 48.2 cm³/mol. The molecule has 0 heterocycles. The van der Waals surface area contributed by atoms with Crippen LogP contribution in [0.3, 0.4) is 0 Å². The molecule has 0 spiro atoms. The lowest BCUT2D eigenvalue weighted by Crippen LogP contribution is -2.14. The first-order valence-electron chi connectivity index (χ1n) is 3.86. The standard InChI is InChI=1S/C8H8F3NO2S/c9-7-3-5(4-15(12,13)14)1-2-6(7)8(10)11/h1-3,8H,4H2,(H2,12,13,14). The van der Waals surface area contributed by atoms with Crippen molar-refractivity contribution in [1.82, 2.24) is 0 Å². The van der Waals surface area contributed by atoms with Crippen LogP contribution in [0, 0.1) is 5.82 Å². The Morgan fingerprint density at radius 2 is 1.93 bits per heavy atom. The number of halogens is 3. The topological polar surface area (TPSA) is 60.2 Å². The molecule has 84 valence electrons. The van der Waals surface area contributed by atoms with E-state index in [2.05, 4.69) is 0 Å². The van der Waals surface area contributed by atoms with Crippen molar-refractivity contribution in [2.75, 3.05) is 0 Å². The highest BCUT2D eigenvalue weighted by Crippen LogP contribution is 2.22. The van der Waals surface area contributed by atoms with Crippen LogP contribution in [0.1, 0.15) is 17.6 Å². The number of primary sulfonamides is 1. The summed E-state index contributed by atoms with van der Waals surface area (Å²) in [6, 6.07) is 2.70. The maximum atomic E-state index is 13.0. The molecule has 0 unspecified atom stereocenters. The van der Waals surface area contributed by atoms with Gasteiger partial charge in [0.2, 0.25) is 10.0 Å². The normalized spacial score (nSPS) is 12.1. The molecule has 0 aliphatic carbocycles. The van der Waals surface area contributed by atoms with E-state index in [1.807, 2.05) is 0 Å². The lowest BCUT2D eigenvalue weighted by atomic mass is 10.1. The van der Waals surface area contributed by atoms with Crippen LogP contribution >= 0.6 is 0 Å². The fraction of sp³-hybridized carbons (Fsp3) is 0.250. The second-order valence-electron chi connectivity index (χ2n) is 2.96. The van der Waals surface area contributed by atoms with Gasteiger partial charge in [0.25, 0.3) is 6.43 Å². The van der Waals surface area contributed by atoms with Gasteiger partial charge < -0.3 is 0 Å². The van der Waals surface area contributed by atoms with Gasteiger partial charge in [-0.3, -0.25) is 0 Å². The van der Waals surface area contributed by atoms with Crippen molar-refractivity contribution in [1.29, 1.82) is 0 Å². The van der Waals surface area contributed by atoms with E-state index < -0.39 is 33.6 Å². The number of hydrogen-bond acceptors (Lipinski definition) is 2. The average Bonchev–Trinajstić information content (AvgIpc) is 1.99. The molecule has 7 heteroatoms. The van der Waals surface area contributed by atoms with Gasteiger partial charge in [-0.1, -0.05) is 12.1 Å². The molecule has 3 nitrogen and oxygen atoms in total. The summed E-state index contributed by atoms with van der Waals surface area (Å²) in [5, 5.41) is 4.72. The highest BCUT2D eigenvalue weighted by atomic mass is 32.2. The summed E-state index contributed by atoms with van der Waals surface area (Å²) in [5.41, 5.74) is -0.715. The van der Waals surface area contributed by atoms with Crippen molar-refractivity contribution in [3.05, 3.63) is 35.1 Å². The smallest absolute Gasteiger partial charge is 0.228 e. The highest BCUT2D eigenvalue weighted by molar-refractivity contribution is 7.88. The van der Waals surface area contributed by atoms with Gasteiger partial charge in [0.15, 0.2) is 0 Å². The molecule has 1 aromatic rings. The fourth-order valence-corrected chi connectivity index (χ4v) is 1.71. The molecule has 0 aromatic heterocycles. The average molecular weight is 239 g/mol. The van der Waals surface area contributed by atoms with Crippen molar-refractivity contribution in [2.45, 2.75) is 12.2 Å². The third kappa shape index (κ3) is 3.52. The zero-order chi connectivity index (χ0) is 11.6.